The first-order chi connectivity index (χ1) is 28.1. The second-order valence-electron chi connectivity index (χ2n) is 17.5. The maximum absolute atomic E-state index is 6.16. The van der Waals surface area contributed by atoms with Crippen molar-refractivity contribution in [3.05, 3.63) is 197 Å². The van der Waals surface area contributed by atoms with Crippen molar-refractivity contribution in [3.63, 3.8) is 0 Å². The monoisotopic (exact) mass is 747 g/mol. The van der Waals surface area contributed by atoms with Crippen LogP contribution >= 0.6 is 0 Å². The molecule has 8 aromatic carbocycles. The molecule has 280 valence electrons. The first kappa shape index (κ1) is 34.6. The van der Waals surface area contributed by atoms with Crippen LogP contribution in [0.4, 0.5) is 17.1 Å². The van der Waals surface area contributed by atoms with Crippen molar-refractivity contribution in [2.45, 2.75) is 52.4 Å². The molecule has 2 heteroatoms. The van der Waals surface area contributed by atoms with E-state index in [9.17, 15) is 0 Å². The maximum atomic E-state index is 6.16. The van der Waals surface area contributed by atoms with Crippen LogP contribution in [0.3, 0.4) is 0 Å². The van der Waals surface area contributed by atoms with Gasteiger partial charge in [0.1, 0.15) is 11.2 Å². The van der Waals surface area contributed by atoms with Crippen molar-refractivity contribution >= 4 is 39.0 Å². The molecule has 0 bridgehead atoms. The van der Waals surface area contributed by atoms with Crippen molar-refractivity contribution in [1.82, 2.24) is 0 Å². The van der Waals surface area contributed by atoms with Gasteiger partial charge in [0.25, 0.3) is 0 Å². The molecule has 0 N–H and O–H groups in total. The molecule has 0 fully saturated rings. The zero-order valence-electron chi connectivity index (χ0n) is 33.9. The quantitative estimate of drug-likeness (QED) is 0.174. The molecule has 0 atom stereocenters. The number of benzene rings is 8. The van der Waals surface area contributed by atoms with Crippen LogP contribution in [0, 0.1) is 13.8 Å². The van der Waals surface area contributed by atoms with Crippen LogP contribution in [0.1, 0.15) is 61.1 Å². The van der Waals surface area contributed by atoms with Gasteiger partial charge in [-0.15, -0.1) is 0 Å². The Bertz CT molecular complexity index is 3140. The average molecular weight is 748 g/mol. The van der Waals surface area contributed by atoms with Crippen LogP contribution in [0.25, 0.3) is 66.4 Å². The summed E-state index contributed by atoms with van der Waals surface area (Å²) < 4.78 is 6.16. The van der Waals surface area contributed by atoms with Gasteiger partial charge in [0.15, 0.2) is 0 Å². The zero-order valence-corrected chi connectivity index (χ0v) is 33.9. The van der Waals surface area contributed by atoms with Gasteiger partial charge in [-0.05, 0) is 135 Å². The fourth-order valence-electron chi connectivity index (χ4n) is 10.3. The van der Waals surface area contributed by atoms with Crippen LogP contribution < -0.4 is 4.90 Å². The largest absolute Gasteiger partial charge is 0.456 e. The predicted octanol–water partition coefficient (Wildman–Crippen LogP) is 15.6. The van der Waals surface area contributed by atoms with E-state index in [1.54, 1.807) is 0 Å². The molecule has 9 aromatic rings. The Balaban J connectivity index is 1.06. The summed E-state index contributed by atoms with van der Waals surface area (Å²) in [5, 5.41) is 2.28. The summed E-state index contributed by atoms with van der Waals surface area (Å²) in [5.41, 5.74) is 23.5. The van der Waals surface area contributed by atoms with Crippen LogP contribution in [0.15, 0.2) is 168 Å². The molecule has 2 nitrogen and oxygen atoms in total. The standard InChI is InChI=1S/C56H45NO/c1-34-29-35(2)53-45-33-39(23-27-47(45)56(5,6)49(53)30-34)37-13-11-14-41(31-37)57(50-19-12-18-48-54(50)43-16-7-9-17-46(43)55(48,3)4)40-25-21-36(22-26-40)38-24-28-52-44(32-38)42-15-8-10-20-51(42)58-52/h7-33H,1-6H3. The number of nitrogens with zero attached hydrogens (tertiary/aromatic N) is 1. The smallest absolute Gasteiger partial charge is 0.135 e. The molecular weight excluding hydrogens is 703 g/mol. The fourth-order valence-corrected chi connectivity index (χ4v) is 10.3. The molecule has 1 aromatic heterocycles. The van der Waals surface area contributed by atoms with Crippen LogP contribution in [-0.4, -0.2) is 0 Å². The molecule has 0 saturated heterocycles. The third kappa shape index (κ3) is 5.04. The topological polar surface area (TPSA) is 16.4 Å². The van der Waals surface area contributed by atoms with Gasteiger partial charge < -0.3 is 9.32 Å². The minimum Gasteiger partial charge on any atom is -0.456 e. The highest BCUT2D eigenvalue weighted by Crippen LogP contribution is 2.55. The summed E-state index contributed by atoms with van der Waals surface area (Å²) in [5.74, 6) is 0. The highest BCUT2D eigenvalue weighted by atomic mass is 16.3. The molecule has 0 aliphatic heterocycles. The fraction of sp³-hybridized carbons (Fsp3) is 0.143. The van der Waals surface area contributed by atoms with Gasteiger partial charge in [0, 0.05) is 38.5 Å². The van der Waals surface area contributed by atoms with E-state index in [0.717, 1.165) is 33.3 Å². The number of hydrogen-bond donors (Lipinski definition) is 0. The van der Waals surface area contributed by atoms with Gasteiger partial charge >= 0.3 is 0 Å². The minimum atomic E-state index is -0.111. The summed E-state index contributed by atoms with van der Waals surface area (Å²) in [4.78, 5) is 2.47. The SMILES string of the molecule is Cc1cc(C)c2c(c1)C(C)(C)c1ccc(-c3cccc(N(c4ccc(-c5ccc6oc7ccccc7c6c5)cc4)c4cccc5c4-c4ccccc4C5(C)C)c3)cc1-2. The van der Waals surface area contributed by atoms with E-state index in [1.165, 1.54) is 83.6 Å². The van der Waals surface area contributed by atoms with E-state index in [2.05, 4.69) is 198 Å². The summed E-state index contributed by atoms with van der Waals surface area (Å²) in [6.45, 7) is 13.9. The van der Waals surface area contributed by atoms with Crippen LogP contribution in [0.2, 0.25) is 0 Å². The van der Waals surface area contributed by atoms with Gasteiger partial charge in [-0.3, -0.25) is 0 Å². The van der Waals surface area contributed by atoms with Gasteiger partial charge in [-0.2, -0.15) is 0 Å². The van der Waals surface area contributed by atoms with Crippen molar-refractivity contribution in [3.8, 4) is 44.5 Å². The summed E-state index contributed by atoms with van der Waals surface area (Å²) in [6, 6.07) is 60.7. The van der Waals surface area contributed by atoms with Gasteiger partial charge in [0.05, 0.1) is 5.69 Å². The van der Waals surface area contributed by atoms with Gasteiger partial charge in [0.2, 0.25) is 0 Å². The summed E-state index contributed by atoms with van der Waals surface area (Å²) in [6.07, 6.45) is 0. The normalized spacial score (nSPS) is 14.3. The van der Waals surface area contributed by atoms with Crippen molar-refractivity contribution < 1.29 is 4.42 Å². The maximum Gasteiger partial charge on any atom is 0.135 e. The minimum absolute atomic E-state index is 0.0411. The van der Waals surface area contributed by atoms with Gasteiger partial charge in [-0.1, -0.05) is 142 Å². The van der Waals surface area contributed by atoms with Crippen LogP contribution in [0.5, 0.6) is 0 Å². The Morgan fingerprint density at radius 2 is 1.07 bits per heavy atom. The number of aryl methyl sites for hydroxylation is 2. The van der Waals surface area contributed by atoms with E-state index in [0.29, 0.717) is 0 Å². The number of rotatable bonds is 5. The van der Waals surface area contributed by atoms with Crippen molar-refractivity contribution in [2.75, 3.05) is 4.90 Å². The van der Waals surface area contributed by atoms with Crippen LogP contribution in [-0.2, 0) is 10.8 Å². The summed E-state index contributed by atoms with van der Waals surface area (Å²) >= 11 is 0. The lowest BCUT2D eigenvalue weighted by molar-refractivity contribution is 0.659. The molecule has 0 radical (unpaired) electrons. The van der Waals surface area contributed by atoms with E-state index in [-0.39, 0.29) is 10.8 Å². The number of fused-ring (bicyclic) bond motifs is 9. The molecule has 58 heavy (non-hydrogen) atoms. The highest BCUT2D eigenvalue weighted by Gasteiger charge is 2.38. The lowest BCUT2D eigenvalue weighted by atomic mass is 9.81. The molecule has 0 unspecified atom stereocenters. The first-order valence-corrected chi connectivity index (χ1v) is 20.5. The van der Waals surface area contributed by atoms with E-state index in [4.69, 9.17) is 4.42 Å². The van der Waals surface area contributed by atoms with E-state index in [1.807, 2.05) is 12.1 Å². The third-order valence-electron chi connectivity index (χ3n) is 13.2. The molecule has 0 amide bonds. The average Bonchev–Trinajstić information content (AvgIpc) is 3.80. The molecule has 11 rings (SSSR count). The van der Waals surface area contributed by atoms with Crippen molar-refractivity contribution in [2.24, 2.45) is 0 Å². The van der Waals surface area contributed by atoms with Crippen molar-refractivity contribution in [1.29, 1.82) is 0 Å². The molecule has 2 aliphatic carbocycles. The second-order valence-corrected chi connectivity index (χ2v) is 17.5. The number of para-hydroxylation sites is 1. The Morgan fingerprint density at radius 1 is 0.414 bits per heavy atom. The number of hydrogen-bond acceptors (Lipinski definition) is 2. The molecule has 2 aliphatic rings. The lowest BCUT2D eigenvalue weighted by Gasteiger charge is -2.29. The lowest BCUT2D eigenvalue weighted by Crippen LogP contribution is -2.16. The third-order valence-corrected chi connectivity index (χ3v) is 13.2. The molecular formula is C56H45NO. The number of anilines is 3. The second kappa shape index (κ2) is 12.4. The van der Waals surface area contributed by atoms with Gasteiger partial charge in [-0.25, -0.2) is 0 Å². The Hall–Kier alpha value is -6.64. The highest BCUT2D eigenvalue weighted by molar-refractivity contribution is 6.06. The summed E-state index contributed by atoms with van der Waals surface area (Å²) in [7, 11) is 0. The predicted molar refractivity (Wildman–Crippen MR) is 244 cm³/mol. The zero-order chi connectivity index (χ0) is 39.5. The Morgan fingerprint density at radius 3 is 1.93 bits per heavy atom. The Kier molecular flexibility index (Phi) is 7.41. The molecule has 1 heterocycles. The molecule has 0 spiro atoms. The van der Waals surface area contributed by atoms with E-state index < -0.39 is 0 Å². The molecule has 0 saturated carbocycles. The number of furan rings is 1. The first-order valence-electron chi connectivity index (χ1n) is 20.5. The Labute approximate surface area is 341 Å². The van der Waals surface area contributed by atoms with E-state index >= 15 is 0 Å².